The molecule has 1 fully saturated rings. The molecule has 0 saturated heterocycles. The monoisotopic (exact) mass is 332 g/mol. The maximum Gasteiger partial charge on any atom is 0.234 e. The molecule has 0 bridgehead atoms. The van der Waals surface area contributed by atoms with E-state index in [9.17, 15) is 8.42 Å². The Kier molecular flexibility index (Phi) is 4.59. The SMILES string of the molecule is Cc1ccc(S(=O)(=O)Sc2ccccc2C2CCCC2)cc1. The maximum absolute atomic E-state index is 12.6. The molecule has 1 aliphatic carbocycles. The van der Waals surface area contributed by atoms with Gasteiger partial charge in [0.05, 0.1) is 4.90 Å². The molecule has 2 aromatic rings. The highest BCUT2D eigenvalue weighted by atomic mass is 33.1. The third-order valence-electron chi connectivity index (χ3n) is 4.22. The second-order valence-corrected chi connectivity index (χ2v) is 9.67. The zero-order valence-electron chi connectivity index (χ0n) is 12.7. The molecule has 2 aromatic carbocycles. The Morgan fingerprint density at radius 2 is 1.59 bits per heavy atom. The molecule has 0 amide bonds. The van der Waals surface area contributed by atoms with Crippen molar-refractivity contribution < 1.29 is 8.42 Å². The summed E-state index contributed by atoms with van der Waals surface area (Å²) in [6.45, 7) is 1.96. The van der Waals surface area contributed by atoms with Crippen LogP contribution in [0.1, 0.15) is 42.7 Å². The van der Waals surface area contributed by atoms with Crippen LogP contribution in [0.5, 0.6) is 0 Å². The quantitative estimate of drug-likeness (QED) is 0.728. The van der Waals surface area contributed by atoms with Crippen molar-refractivity contribution in [3.63, 3.8) is 0 Å². The van der Waals surface area contributed by atoms with Gasteiger partial charge in [0, 0.05) is 15.7 Å². The highest BCUT2D eigenvalue weighted by Gasteiger charge is 2.23. The Labute approximate surface area is 136 Å². The summed E-state index contributed by atoms with van der Waals surface area (Å²) in [6.07, 6.45) is 4.83. The predicted octanol–water partition coefficient (Wildman–Crippen LogP) is 5.13. The van der Waals surface area contributed by atoms with E-state index in [0.29, 0.717) is 10.8 Å². The summed E-state index contributed by atoms with van der Waals surface area (Å²) in [4.78, 5) is 1.26. The van der Waals surface area contributed by atoms with Crippen molar-refractivity contribution in [1.82, 2.24) is 0 Å². The van der Waals surface area contributed by atoms with Crippen LogP contribution in [-0.2, 0) is 8.87 Å². The maximum atomic E-state index is 12.6. The van der Waals surface area contributed by atoms with Gasteiger partial charge in [0.1, 0.15) is 0 Å². The van der Waals surface area contributed by atoms with E-state index in [-0.39, 0.29) is 0 Å². The minimum atomic E-state index is -3.37. The molecular formula is C18H20O2S2. The second-order valence-electron chi connectivity index (χ2n) is 5.87. The summed E-state index contributed by atoms with van der Waals surface area (Å²) in [5, 5.41) is 0. The van der Waals surface area contributed by atoms with Crippen molar-refractivity contribution >= 4 is 19.7 Å². The fourth-order valence-corrected chi connectivity index (χ4v) is 6.06. The third kappa shape index (κ3) is 3.39. The molecular weight excluding hydrogens is 312 g/mol. The minimum Gasteiger partial charge on any atom is -0.212 e. The number of aryl methyl sites for hydroxylation is 1. The number of hydrogen-bond donors (Lipinski definition) is 0. The van der Waals surface area contributed by atoms with Gasteiger partial charge in [-0.1, -0.05) is 48.7 Å². The standard InChI is InChI=1S/C18H20O2S2/c1-14-10-12-16(13-11-14)22(19,20)21-18-9-5-4-8-17(18)15-6-2-3-7-15/h4-5,8-13,15H,2-3,6-7H2,1H3. The van der Waals surface area contributed by atoms with Crippen LogP contribution in [0.4, 0.5) is 0 Å². The fraction of sp³-hybridized carbons (Fsp3) is 0.333. The van der Waals surface area contributed by atoms with Gasteiger partial charge in [0.25, 0.3) is 0 Å². The van der Waals surface area contributed by atoms with Crippen molar-refractivity contribution in [2.75, 3.05) is 0 Å². The van der Waals surface area contributed by atoms with E-state index < -0.39 is 8.87 Å². The van der Waals surface area contributed by atoms with E-state index in [1.165, 1.54) is 31.2 Å². The zero-order chi connectivity index (χ0) is 15.6. The Bertz CT molecular complexity index is 743. The Balaban J connectivity index is 1.90. The van der Waals surface area contributed by atoms with E-state index in [1.54, 1.807) is 12.1 Å². The average Bonchev–Trinajstić information content (AvgIpc) is 3.02. The molecule has 3 rings (SSSR count). The van der Waals surface area contributed by atoms with Gasteiger partial charge in [-0.25, -0.2) is 8.42 Å². The first kappa shape index (κ1) is 15.6. The number of hydrogen-bond acceptors (Lipinski definition) is 3. The van der Waals surface area contributed by atoms with Gasteiger partial charge in [-0.2, -0.15) is 0 Å². The smallest absolute Gasteiger partial charge is 0.212 e. The minimum absolute atomic E-state index is 0.379. The molecule has 1 aliphatic rings. The molecule has 0 unspecified atom stereocenters. The van der Waals surface area contributed by atoms with Crippen LogP contribution in [0.3, 0.4) is 0 Å². The van der Waals surface area contributed by atoms with Crippen LogP contribution in [0.25, 0.3) is 0 Å². The van der Waals surface area contributed by atoms with Crippen LogP contribution >= 0.6 is 10.8 Å². The van der Waals surface area contributed by atoms with Gasteiger partial charge in [-0.15, -0.1) is 0 Å². The molecule has 116 valence electrons. The molecule has 4 heteroatoms. The van der Waals surface area contributed by atoms with Gasteiger partial charge in [-0.3, -0.25) is 0 Å². The van der Waals surface area contributed by atoms with Crippen LogP contribution in [0, 0.1) is 6.92 Å². The van der Waals surface area contributed by atoms with Crippen LogP contribution < -0.4 is 0 Å². The van der Waals surface area contributed by atoms with E-state index in [1.807, 2.05) is 37.3 Å². The summed E-state index contributed by atoms with van der Waals surface area (Å²) in [5.74, 6) is 0.511. The highest BCUT2D eigenvalue weighted by molar-refractivity contribution is 8.72. The van der Waals surface area contributed by atoms with Gasteiger partial charge >= 0.3 is 0 Å². The Morgan fingerprint density at radius 3 is 2.27 bits per heavy atom. The van der Waals surface area contributed by atoms with Gasteiger partial charge in [0.15, 0.2) is 0 Å². The molecule has 0 aliphatic heterocycles. The number of rotatable bonds is 4. The van der Waals surface area contributed by atoms with Crippen LogP contribution in [0.15, 0.2) is 58.3 Å². The molecule has 0 N–H and O–H groups in total. The largest absolute Gasteiger partial charge is 0.234 e. The molecule has 2 nitrogen and oxygen atoms in total. The Hall–Kier alpha value is -1.26. The van der Waals surface area contributed by atoms with Gasteiger partial charge in [0.2, 0.25) is 8.87 Å². The lowest BCUT2D eigenvalue weighted by Crippen LogP contribution is -1.99. The Morgan fingerprint density at radius 1 is 0.955 bits per heavy atom. The summed E-state index contributed by atoms with van der Waals surface area (Å²) < 4.78 is 25.3. The second kappa shape index (κ2) is 6.47. The van der Waals surface area contributed by atoms with E-state index in [2.05, 4.69) is 6.07 Å². The zero-order valence-corrected chi connectivity index (χ0v) is 14.3. The molecule has 0 atom stereocenters. The summed E-state index contributed by atoms with van der Waals surface area (Å²) in [7, 11) is -2.37. The molecule has 0 radical (unpaired) electrons. The van der Waals surface area contributed by atoms with Crippen LogP contribution in [0.2, 0.25) is 0 Å². The average molecular weight is 332 g/mol. The van der Waals surface area contributed by atoms with Gasteiger partial charge in [-0.05, 0) is 49.4 Å². The van der Waals surface area contributed by atoms with Crippen molar-refractivity contribution in [2.45, 2.75) is 48.3 Å². The van der Waals surface area contributed by atoms with Crippen LogP contribution in [-0.4, -0.2) is 8.42 Å². The third-order valence-corrected chi connectivity index (χ3v) is 7.62. The van der Waals surface area contributed by atoms with E-state index >= 15 is 0 Å². The number of benzene rings is 2. The first-order valence-corrected chi connectivity index (χ1v) is 10.5. The first-order chi connectivity index (χ1) is 10.6. The van der Waals surface area contributed by atoms with Gasteiger partial charge < -0.3 is 0 Å². The molecule has 0 spiro atoms. The van der Waals surface area contributed by atoms with Crippen molar-refractivity contribution in [2.24, 2.45) is 0 Å². The molecule has 0 aromatic heterocycles. The lowest BCUT2D eigenvalue weighted by molar-refractivity contribution is 0.610. The normalized spacial score (nSPS) is 16.0. The van der Waals surface area contributed by atoms with E-state index in [0.717, 1.165) is 21.3 Å². The van der Waals surface area contributed by atoms with Crippen molar-refractivity contribution in [3.05, 3.63) is 59.7 Å². The first-order valence-electron chi connectivity index (χ1n) is 7.66. The molecule has 1 saturated carbocycles. The van der Waals surface area contributed by atoms with Crippen molar-refractivity contribution in [1.29, 1.82) is 0 Å². The molecule has 0 heterocycles. The summed E-state index contributed by atoms with van der Waals surface area (Å²) in [6, 6.07) is 15.0. The fourth-order valence-electron chi connectivity index (χ4n) is 3.00. The lowest BCUT2D eigenvalue weighted by atomic mass is 9.98. The highest BCUT2D eigenvalue weighted by Crippen LogP contribution is 2.41. The molecule has 22 heavy (non-hydrogen) atoms. The van der Waals surface area contributed by atoms with Crippen molar-refractivity contribution in [3.8, 4) is 0 Å². The summed E-state index contributed by atoms with van der Waals surface area (Å²) >= 11 is 0. The summed E-state index contributed by atoms with van der Waals surface area (Å²) in [5.41, 5.74) is 2.26. The lowest BCUT2D eigenvalue weighted by Gasteiger charge is -2.14. The topological polar surface area (TPSA) is 34.1 Å². The van der Waals surface area contributed by atoms with E-state index in [4.69, 9.17) is 0 Å². The predicted molar refractivity (Wildman–Crippen MR) is 91.9 cm³/mol.